The largest absolute Gasteiger partial charge is 0.310 e. The summed E-state index contributed by atoms with van der Waals surface area (Å²) in [6, 6.07) is 7.18. The molecule has 0 radical (unpaired) electrons. The molecule has 1 atom stereocenters. The Morgan fingerprint density at radius 3 is 2.41 bits per heavy atom. The zero-order valence-corrected chi connectivity index (χ0v) is 12.0. The molecule has 1 nitrogen and oxygen atoms in total. The van der Waals surface area contributed by atoms with Crippen molar-refractivity contribution in [2.75, 3.05) is 6.54 Å². The molecule has 0 aliphatic heterocycles. The molecule has 0 bridgehead atoms. The van der Waals surface area contributed by atoms with Crippen LogP contribution in [-0.2, 0) is 0 Å². The summed E-state index contributed by atoms with van der Waals surface area (Å²) in [5, 5.41) is 3.61. The summed E-state index contributed by atoms with van der Waals surface area (Å²) in [5.41, 5.74) is 4.17. The Labute approximate surface area is 107 Å². The molecule has 1 rings (SSSR count). The van der Waals surface area contributed by atoms with Crippen LogP contribution in [0.1, 0.15) is 56.3 Å². The number of aryl methyl sites for hydroxylation is 2. The predicted octanol–water partition coefficient (Wildman–Crippen LogP) is 4.39. The highest BCUT2D eigenvalue weighted by atomic mass is 14.9. The zero-order valence-electron chi connectivity index (χ0n) is 12.0. The van der Waals surface area contributed by atoms with E-state index in [2.05, 4.69) is 58.1 Å². The number of benzene rings is 1. The molecular weight excluding hydrogens is 206 g/mol. The minimum absolute atomic E-state index is 0.461. The Bertz CT molecular complexity index is 341. The molecular formula is C16H27N. The van der Waals surface area contributed by atoms with Crippen LogP contribution in [-0.4, -0.2) is 6.54 Å². The second kappa shape index (κ2) is 6.80. The molecule has 0 aliphatic rings. The molecule has 0 aliphatic carbocycles. The smallest absolute Gasteiger partial charge is 0.0294 e. The Balaban J connectivity index is 2.44. The minimum atomic E-state index is 0.461. The van der Waals surface area contributed by atoms with E-state index in [1.54, 1.807) is 0 Å². The van der Waals surface area contributed by atoms with Crippen molar-refractivity contribution in [2.45, 2.75) is 53.5 Å². The first-order valence-electron chi connectivity index (χ1n) is 6.81. The lowest BCUT2D eigenvalue weighted by atomic mass is 10.00. The van der Waals surface area contributed by atoms with Gasteiger partial charge in [0.15, 0.2) is 0 Å². The first-order valence-corrected chi connectivity index (χ1v) is 6.81. The van der Waals surface area contributed by atoms with E-state index in [-0.39, 0.29) is 0 Å². The van der Waals surface area contributed by atoms with Gasteiger partial charge in [0.1, 0.15) is 0 Å². The Morgan fingerprint density at radius 2 is 1.82 bits per heavy atom. The van der Waals surface area contributed by atoms with E-state index < -0.39 is 0 Å². The van der Waals surface area contributed by atoms with Gasteiger partial charge in [0.05, 0.1) is 0 Å². The molecule has 0 heterocycles. The molecule has 96 valence electrons. The molecule has 1 heteroatoms. The predicted molar refractivity (Wildman–Crippen MR) is 76.4 cm³/mol. The summed E-state index contributed by atoms with van der Waals surface area (Å²) in [7, 11) is 0. The second-order valence-electron chi connectivity index (χ2n) is 5.57. The van der Waals surface area contributed by atoms with Crippen LogP contribution in [0.5, 0.6) is 0 Å². The maximum absolute atomic E-state index is 3.61. The van der Waals surface area contributed by atoms with Crippen molar-refractivity contribution in [2.24, 2.45) is 5.92 Å². The summed E-state index contributed by atoms with van der Waals surface area (Å²) < 4.78 is 0. The van der Waals surface area contributed by atoms with Gasteiger partial charge >= 0.3 is 0 Å². The van der Waals surface area contributed by atoms with Crippen LogP contribution in [0.25, 0.3) is 0 Å². The van der Waals surface area contributed by atoms with Gasteiger partial charge < -0.3 is 5.32 Å². The monoisotopic (exact) mass is 233 g/mol. The summed E-state index contributed by atoms with van der Waals surface area (Å²) >= 11 is 0. The fraction of sp³-hybridized carbons (Fsp3) is 0.625. The van der Waals surface area contributed by atoms with E-state index in [0.717, 1.165) is 12.5 Å². The van der Waals surface area contributed by atoms with Crippen molar-refractivity contribution in [3.05, 3.63) is 34.9 Å². The van der Waals surface area contributed by atoms with Crippen LogP contribution in [0.2, 0.25) is 0 Å². The summed E-state index contributed by atoms with van der Waals surface area (Å²) in [4.78, 5) is 0. The van der Waals surface area contributed by atoms with Crippen molar-refractivity contribution >= 4 is 0 Å². The van der Waals surface area contributed by atoms with Gasteiger partial charge in [-0.3, -0.25) is 0 Å². The van der Waals surface area contributed by atoms with E-state index in [1.807, 2.05) is 0 Å². The van der Waals surface area contributed by atoms with Crippen LogP contribution < -0.4 is 5.32 Å². The highest BCUT2D eigenvalue weighted by Crippen LogP contribution is 2.18. The minimum Gasteiger partial charge on any atom is -0.310 e. The zero-order chi connectivity index (χ0) is 12.8. The topological polar surface area (TPSA) is 12.0 Å². The van der Waals surface area contributed by atoms with Gasteiger partial charge in [-0.2, -0.15) is 0 Å². The van der Waals surface area contributed by atoms with E-state index in [4.69, 9.17) is 0 Å². The van der Waals surface area contributed by atoms with Gasteiger partial charge in [-0.1, -0.05) is 37.6 Å². The molecule has 0 aromatic heterocycles. The van der Waals surface area contributed by atoms with Crippen LogP contribution in [0.3, 0.4) is 0 Å². The third kappa shape index (κ3) is 4.91. The quantitative estimate of drug-likeness (QED) is 0.719. The number of hydrogen-bond donors (Lipinski definition) is 1. The molecule has 1 unspecified atom stereocenters. The van der Waals surface area contributed by atoms with Gasteiger partial charge in [-0.15, -0.1) is 0 Å². The third-order valence-corrected chi connectivity index (χ3v) is 3.30. The van der Waals surface area contributed by atoms with E-state index in [1.165, 1.54) is 29.5 Å². The lowest BCUT2D eigenvalue weighted by Crippen LogP contribution is -2.20. The Kier molecular flexibility index (Phi) is 5.70. The van der Waals surface area contributed by atoms with Crippen molar-refractivity contribution in [3.63, 3.8) is 0 Å². The molecule has 0 saturated carbocycles. The van der Waals surface area contributed by atoms with Gasteiger partial charge in [-0.25, -0.2) is 0 Å². The Hall–Kier alpha value is -0.820. The van der Waals surface area contributed by atoms with E-state index in [0.29, 0.717) is 6.04 Å². The number of rotatable bonds is 6. The molecule has 0 amide bonds. The standard InChI is InChI=1S/C16H27N/c1-12(2)7-6-10-17-15(5)16-9-8-13(3)11-14(16)4/h8-9,11-12,15,17H,6-7,10H2,1-5H3. The maximum Gasteiger partial charge on any atom is 0.0294 e. The first kappa shape index (κ1) is 14.2. The highest BCUT2D eigenvalue weighted by Gasteiger charge is 2.07. The molecule has 0 saturated heterocycles. The maximum atomic E-state index is 3.61. The average Bonchev–Trinajstić information content (AvgIpc) is 2.23. The Morgan fingerprint density at radius 1 is 1.12 bits per heavy atom. The van der Waals surface area contributed by atoms with Crippen LogP contribution >= 0.6 is 0 Å². The molecule has 1 aromatic carbocycles. The molecule has 0 spiro atoms. The fourth-order valence-corrected chi connectivity index (χ4v) is 2.25. The fourth-order valence-electron chi connectivity index (χ4n) is 2.25. The molecule has 0 fully saturated rings. The second-order valence-corrected chi connectivity index (χ2v) is 5.57. The molecule has 1 aromatic rings. The molecule has 17 heavy (non-hydrogen) atoms. The summed E-state index contributed by atoms with van der Waals surface area (Å²) in [6.45, 7) is 12.3. The molecule has 1 N–H and O–H groups in total. The lowest BCUT2D eigenvalue weighted by Gasteiger charge is -2.17. The third-order valence-electron chi connectivity index (χ3n) is 3.30. The summed E-state index contributed by atoms with van der Waals surface area (Å²) in [5.74, 6) is 0.813. The van der Waals surface area contributed by atoms with Gasteiger partial charge in [0, 0.05) is 6.04 Å². The van der Waals surface area contributed by atoms with Crippen molar-refractivity contribution < 1.29 is 0 Å². The average molecular weight is 233 g/mol. The SMILES string of the molecule is Cc1ccc(C(C)NCCCC(C)C)c(C)c1. The van der Waals surface area contributed by atoms with Gasteiger partial charge in [0.25, 0.3) is 0 Å². The lowest BCUT2D eigenvalue weighted by molar-refractivity contribution is 0.497. The number of hydrogen-bond acceptors (Lipinski definition) is 1. The van der Waals surface area contributed by atoms with Crippen LogP contribution in [0, 0.1) is 19.8 Å². The van der Waals surface area contributed by atoms with Gasteiger partial charge in [0.2, 0.25) is 0 Å². The van der Waals surface area contributed by atoms with Crippen molar-refractivity contribution in [1.29, 1.82) is 0 Å². The van der Waals surface area contributed by atoms with Crippen LogP contribution in [0.4, 0.5) is 0 Å². The van der Waals surface area contributed by atoms with E-state index in [9.17, 15) is 0 Å². The normalized spacial score (nSPS) is 13.1. The van der Waals surface area contributed by atoms with Crippen LogP contribution in [0.15, 0.2) is 18.2 Å². The van der Waals surface area contributed by atoms with Crippen molar-refractivity contribution in [1.82, 2.24) is 5.32 Å². The highest BCUT2D eigenvalue weighted by molar-refractivity contribution is 5.32. The summed E-state index contributed by atoms with van der Waals surface area (Å²) in [6.07, 6.45) is 2.58. The van der Waals surface area contributed by atoms with Crippen molar-refractivity contribution in [3.8, 4) is 0 Å². The van der Waals surface area contributed by atoms with E-state index >= 15 is 0 Å². The van der Waals surface area contributed by atoms with Gasteiger partial charge in [-0.05, 0) is 57.2 Å². The first-order chi connectivity index (χ1) is 8.00. The number of nitrogens with one attached hydrogen (secondary N) is 1.